The molecule has 6 heteroatoms. The molecule has 1 aromatic carbocycles. The van der Waals surface area contributed by atoms with Crippen molar-refractivity contribution in [1.29, 1.82) is 0 Å². The van der Waals surface area contributed by atoms with Gasteiger partial charge in [0.15, 0.2) is 5.76 Å². The zero-order chi connectivity index (χ0) is 17.3. The molecule has 1 saturated heterocycles. The second-order valence-corrected chi connectivity index (χ2v) is 7.72. The monoisotopic (exact) mass is 365 g/mol. The number of likely N-dealkylation sites (tertiary alicyclic amines) is 1. The number of hydrogen-bond acceptors (Lipinski definition) is 6. The zero-order valence-corrected chi connectivity index (χ0v) is 15.1. The Bertz CT molecular complexity index is 972. The highest BCUT2D eigenvalue weighted by molar-refractivity contribution is 7.18. The number of piperidine rings is 1. The fourth-order valence-electron chi connectivity index (χ4n) is 3.62. The van der Waals surface area contributed by atoms with Crippen LogP contribution in [-0.2, 0) is 6.54 Å². The molecule has 0 spiro atoms. The fourth-order valence-corrected chi connectivity index (χ4v) is 4.76. The quantitative estimate of drug-likeness (QED) is 0.493. The Balaban J connectivity index is 1.39. The molecule has 0 amide bonds. The molecule has 1 aliphatic rings. The standard InChI is InChI=1S/C20H19N3O2S/c1-2-9-19-15(6-1)21-20(26-19)16-7-3-4-10-23(16)13-14-12-18(25-22-14)17-8-5-11-24-17/h1-2,5-6,8-9,11-12,16H,3-4,7,10,13H2/t16-/m1/s1. The molecular weight excluding hydrogens is 346 g/mol. The van der Waals surface area contributed by atoms with E-state index in [1.165, 1.54) is 22.5 Å². The molecular formula is C20H19N3O2S. The normalized spacial score (nSPS) is 18.5. The van der Waals surface area contributed by atoms with Crippen LogP contribution in [0.4, 0.5) is 0 Å². The van der Waals surface area contributed by atoms with E-state index >= 15 is 0 Å². The second kappa shape index (κ2) is 6.70. The molecule has 5 nitrogen and oxygen atoms in total. The molecule has 3 aromatic heterocycles. The predicted octanol–water partition coefficient (Wildman–Crippen LogP) is 5.27. The number of fused-ring (bicyclic) bond motifs is 1. The van der Waals surface area contributed by atoms with Crippen molar-refractivity contribution in [3.63, 3.8) is 0 Å². The average Bonchev–Trinajstić information content (AvgIpc) is 3.42. The fraction of sp³-hybridized carbons (Fsp3) is 0.300. The number of furan rings is 1. The molecule has 132 valence electrons. The summed E-state index contributed by atoms with van der Waals surface area (Å²) in [4.78, 5) is 7.37. The maximum atomic E-state index is 5.46. The first kappa shape index (κ1) is 15.8. The Hall–Kier alpha value is -2.44. The molecule has 0 unspecified atom stereocenters. The second-order valence-electron chi connectivity index (χ2n) is 6.66. The highest BCUT2D eigenvalue weighted by atomic mass is 32.1. The van der Waals surface area contributed by atoms with Crippen molar-refractivity contribution >= 4 is 21.6 Å². The van der Waals surface area contributed by atoms with Gasteiger partial charge in [-0.1, -0.05) is 23.7 Å². The summed E-state index contributed by atoms with van der Waals surface area (Å²) < 4.78 is 12.1. The minimum Gasteiger partial charge on any atom is -0.461 e. The van der Waals surface area contributed by atoms with Gasteiger partial charge in [0.1, 0.15) is 5.01 Å². The largest absolute Gasteiger partial charge is 0.461 e. The molecule has 5 rings (SSSR count). The topological polar surface area (TPSA) is 55.3 Å². The number of para-hydroxylation sites is 1. The van der Waals surface area contributed by atoms with Crippen LogP contribution in [0.3, 0.4) is 0 Å². The highest BCUT2D eigenvalue weighted by Crippen LogP contribution is 2.36. The summed E-state index contributed by atoms with van der Waals surface area (Å²) in [6.45, 7) is 1.83. The molecule has 4 heterocycles. The van der Waals surface area contributed by atoms with E-state index < -0.39 is 0 Å². The lowest BCUT2D eigenvalue weighted by Gasteiger charge is -2.33. The Morgan fingerprint density at radius 1 is 1.12 bits per heavy atom. The van der Waals surface area contributed by atoms with Crippen molar-refractivity contribution in [2.45, 2.75) is 31.8 Å². The summed E-state index contributed by atoms with van der Waals surface area (Å²) in [5.41, 5.74) is 2.03. The molecule has 0 aliphatic carbocycles. The van der Waals surface area contributed by atoms with Crippen LogP contribution < -0.4 is 0 Å². The summed E-state index contributed by atoms with van der Waals surface area (Å²) in [5.74, 6) is 1.39. The van der Waals surface area contributed by atoms with E-state index in [2.05, 4.69) is 34.3 Å². The van der Waals surface area contributed by atoms with Crippen molar-refractivity contribution < 1.29 is 8.94 Å². The van der Waals surface area contributed by atoms with E-state index in [1.807, 2.05) is 29.5 Å². The number of nitrogens with zero attached hydrogens (tertiary/aromatic N) is 3. The minimum absolute atomic E-state index is 0.352. The van der Waals surface area contributed by atoms with Crippen molar-refractivity contribution in [3.05, 3.63) is 59.4 Å². The number of benzene rings is 1. The Labute approximate surface area is 155 Å². The average molecular weight is 365 g/mol. The summed E-state index contributed by atoms with van der Waals surface area (Å²) in [6.07, 6.45) is 5.24. The van der Waals surface area contributed by atoms with Gasteiger partial charge in [-0.2, -0.15) is 0 Å². The maximum absolute atomic E-state index is 5.46. The van der Waals surface area contributed by atoms with Crippen LogP contribution in [0, 0.1) is 0 Å². The smallest absolute Gasteiger partial charge is 0.202 e. The minimum atomic E-state index is 0.352. The van der Waals surface area contributed by atoms with Crippen molar-refractivity contribution in [2.75, 3.05) is 6.54 Å². The van der Waals surface area contributed by atoms with E-state index in [1.54, 1.807) is 6.26 Å². The first-order valence-electron chi connectivity index (χ1n) is 8.96. The van der Waals surface area contributed by atoms with Crippen molar-refractivity contribution in [1.82, 2.24) is 15.0 Å². The third kappa shape index (κ3) is 2.95. The van der Waals surface area contributed by atoms with E-state index in [0.717, 1.165) is 30.7 Å². The number of rotatable bonds is 4. The molecule has 4 aromatic rings. The molecule has 1 atom stereocenters. The molecule has 0 N–H and O–H groups in total. The van der Waals surface area contributed by atoms with Crippen LogP contribution in [0.25, 0.3) is 21.7 Å². The molecule has 0 radical (unpaired) electrons. The van der Waals surface area contributed by atoms with Crippen LogP contribution in [-0.4, -0.2) is 21.6 Å². The lowest BCUT2D eigenvalue weighted by Crippen LogP contribution is -2.32. The first-order chi connectivity index (χ1) is 12.9. The van der Waals surface area contributed by atoms with Gasteiger partial charge in [-0.3, -0.25) is 4.90 Å². The van der Waals surface area contributed by atoms with Gasteiger partial charge in [0.25, 0.3) is 0 Å². The lowest BCUT2D eigenvalue weighted by molar-refractivity contribution is 0.137. The Morgan fingerprint density at radius 2 is 2.08 bits per heavy atom. The summed E-state index contributed by atoms with van der Waals surface area (Å²) in [5, 5.41) is 5.45. The van der Waals surface area contributed by atoms with Gasteiger partial charge in [0.05, 0.1) is 28.2 Å². The third-order valence-electron chi connectivity index (χ3n) is 4.90. The van der Waals surface area contributed by atoms with Crippen molar-refractivity contribution in [2.24, 2.45) is 0 Å². The van der Waals surface area contributed by atoms with Gasteiger partial charge >= 0.3 is 0 Å². The number of hydrogen-bond donors (Lipinski definition) is 0. The zero-order valence-electron chi connectivity index (χ0n) is 14.3. The Kier molecular flexibility index (Phi) is 4.07. The first-order valence-corrected chi connectivity index (χ1v) is 9.77. The van der Waals surface area contributed by atoms with Crippen LogP contribution in [0.2, 0.25) is 0 Å². The van der Waals surface area contributed by atoms with Crippen molar-refractivity contribution in [3.8, 4) is 11.5 Å². The third-order valence-corrected chi connectivity index (χ3v) is 6.03. The van der Waals surface area contributed by atoms with E-state index in [-0.39, 0.29) is 0 Å². The highest BCUT2D eigenvalue weighted by Gasteiger charge is 2.27. The Morgan fingerprint density at radius 3 is 2.96 bits per heavy atom. The summed E-state index contributed by atoms with van der Waals surface area (Å²) in [6, 6.07) is 14.4. The van der Waals surface area contributed by atoms with Gasteiger partial charge in [0, 0.05) is 12.6 Å². The SMILES string of the molecule is c1coc(-c2cc(CN3CCCC[C@@H]3c3nc4ccccc4s3)no2)c1. The van der Waals surface area contributed by atoms with Gasteiger partial charge in [0.2, 0.25) is 5.76 Å². The summed E-state index contributed by atoms with van der Waals surface area (Å²) >= 11 is 1.81. The number of thiazole rings is 1. The molecule has 0 bridgehead atoms. The van der Waals surface area contributed by atoms with Crippen LogP contribution in [0.1, 0.15) is 36.0 Å². The number of aromatic nitrogens is 2. The van der Waals surface area contributed by atoms with Crippen LogP contribution >= 0.6 is 11.3 Å². The maximum Gasteiger partial charge on any atom is 0.202 e. The molecule has 1 aliphatic heterocycles. The van der Waals surface area contributed by atoms with Gasteiger partial charge in [-0.25, -0.2) is 4.98 Å². The molecule has 1 fully saturated rings. The van der Waals surface area contributed by atoms with E-state index in [9.17, 15) is 0 Å². The van der Waals surface area contributed by atoms with Gasteiger partial charge < -0.3 is 8.94 Å². The van der Waals surface area contributed by atoms with Crippen LogP contribution in [0.15, 0.2) is 57.7 Å². The van der Waals surface area contributed by atoms with E-state index in [4.69, 9.17) is 13.9 Å². The van der Waals surface area contributed by atoms with E-state index in [0.29, 0.717) is 17.6 Å². The molecule has 0 saturated carbocycles. The molecule has 26 heavy (non-hydrogen) atoms. The predicted molar refractivity (Wildman–Crippen MR) is 101 cm³/mol. The lowest BCUT2D eigenvalue weighted by atomic mass is 10.0. The van der Waals surface area contributed by atoms with Gasteiger partial charge in [-0.05, 0) is 43.7 Å². The van der Waals surface area contributed by atoms with Gasteiger partial charge in [-0.15, -0.1) is 11.3 Å². The summed E-state index contributed by atoms with van der Waals surface area (Å²) in [7, 11) is 0. The van der Waals surface area contributed by atoms with Crippen LogP contribution in [0.5, 0.6) is 0 Å².